The first-order chi connectivity index (χ1) is 9.97. The molecule has 0 aliphatic carbocycles. The molecule has 1 rings (SSSR count). The van der Waals surface area contributed by atoms with Gasteiger partial charge in [-0.2, -0.15) is 22.0 Å². The number of benzene rings is 1. The summed E-state index contributed by atoms with van der Waals surface area (Å²) < 4.78 is 73.2. The Morgan fingerprint density at radius 3 is 2.18 bits per heavy atom. The fraction of sp³-hybridized carbons (Fsp3) is 0.500. The molecule has 0 amide bonds. The molecule has 0 radical (unpaired) electrons. The standard InChI is InChI=1S/C14H15F5O3/c1-12(22-3,8-13(15,16)14(17,18)19)10-6-4-5-9(7-10)11(20)21-2/h4-7H,8H2,1-3H3. The number of hydrogen-bond donors (Lipinski definition) is 0. The summed E-state index contributed by atoms with van der Waals surface area (Å²) in [6.07, 6.45) is -7.29. The number of methoxy groups -OCH3 is 2. The van der Waals surface area contributed by atoms with Crippen molar-refractivity contribution < 1.29 is 36.2 Å². The predicted octanol–water partition coefficient (Wildman–Crippen LogP) is 3.92. The minimum Gasteiger partial charge on any atom is -0.465 e. The van der Waals surface area contributed by atoms with Crippen molar-refractivity contribution in [2.45, 2.75) is 31.0 Å². The maximum absolute atomic E-state index is 13.3. The van der Waals surface area contributed by atoms with Crippen molar-refractivity contribution in [2.24, 2.45) is 0 Å². The van der Waals surface area contributed by atoms with Crippen molar-refractivity contribution >= 4 is 5.97 Å². The summed E-state index contributed by atoms with van der Waals surface area (Å²) in [6, 6.07) is 5.18. The SMILES string of the molecule is COC(=O)c1cccc(C(C)(CC(F)(F)C(F)(F)F)OC)c1. The summed E-state index contributed by atoms with van der Waals surface area (Å²) in [5, 5.41) is 0. The zero-order valence-corrected chi connectivity index (χ0v) is 12.1. The summed E-state index contributed by atoms with van der Waals surface area (Å²) in [4.78, 5) is 11.4. The van der Waals surface area contributed by atoms with Crippen LogP contribution in [0.3, 0.4) is 0 Å². The lowest BCUT2D eigenvalue weighted by Gasteiger charge is -2.33. The summed E-state index contributed by atoms with van der Waals surface area (Å²) in [6.45, 7) is 1.10. The summed E-state index contributed by atoms with van der Waals surface area (Å²) >= 11 is 0. The lowest BCUT2D eigenvalue weighted by molar-refractivity contribution is -0.298. The molecule has 0 heterocycles. The van der Waals surface area contributed by atoms with Crippen LogP contribution in [-0.4, -0.2) is 32.3 Å². The number of ether oxygens (including phenoxy) is 2. The van der Waals surface area contributed by atoms with Crippen molar-refractivity contribution in [2.75, 3.05) is 14.2 Å². The second-order valence-electron chi connectivity index (χ2n) is 4.89. The van der Waals surface area contributed by atoms with Gasteiger partial charge in [-0.3, -0.25) is 0 Å². The van der Waals surface area contributed by atoms with E-state index >= 15 is 0 Å². The normalized spacial score (nSPS) is 15.3. The molecule has 0 spiro atoms. The van der Waals surface area contributed by atoms with Crippen LogP contribution in [-0.2, 0) is 15.1 Å². The van der Waals surface area contributed by atoms with Crippen molar-refractivity contribution in [3.8, 4) is 0 Å². The van der Waals surface area contributed by atoms with Gasteiger partial charge in [-0.1, -0.05) is 12.1 Å². The summed E-state index contributed by atoms with van der Waals surface area (Å²) in [7, 11) is 2.15. The number of hydrogen-bond acceptors (Lipinski definition) is 3. The lowest BCUT2D eigenvalue weighted by Crippen LogP contribution is -2.43. The van der Waals surface area contributed by atoms with E-state index in [1.165, 1.54) is 24.3 Å². The van der Waals surface area contributed by atoms with Crippen LogP contribution in [0.25, 0.3) is 0 Å². The molecule has 0 aromatic heterocycles. The van der Waals surface area contributed by atoms with Gasteiger partial charge in [0.05, 0.1) is 24.7 Å². The number of carbonyl (C=O) groups is 1. The highest BCUT2D eigenvalue weighted by Crippen LogP contribution is 2.45. The summed E-state index contributed by atoms with van der Waals surface area (Å²) in [5.41, 5.74) is -1.89. The topological polar surface area (TPSA) is 35.5 Å². The van der Waals surface area contributed by atoms with E-state index in [9.17, 15) is 26.7 Å². The molecule has 0 bridgehead atoms. The van der Waals surface area contributed by atoms with Crippen LogP contribution < -0.4 is 0 Å². The van der Waals surface area contributed by atoms with Crippen LogP contribution in [0.1, 0.15) is 29.3 Å². The van der Waals surface area contributed by atoms with Gasteiger partial charge in [0.25, 0.3) is 0 Å². The summed E-state index contributed by atoms with van der Waals surface area (Å²) in [5.74, 6) is -5.66. The van der Waals surface area contributed by atoms with Crippen molar-refractivity contribution in [1.29, 1.82) is 0 Å². The first-order valence-electron chi connectivity index (χ1n) is 6.15. The molecule has 1 aromatic carbocycles. The van der Waals surface area contributed by atoms with E-state index < -0.39 is 30.1 Å². The first kappa shape index (κ1) is 18.3. The van der Waals surface area contributed by atoms with Gasteiger partial charge in [0.2, 0.25) is 0 Å². The van der Waals surface area contributed by atoms with Gasteiger partial charge >= 0.3 is 18.1 Å². The fourth-order valence-electron chi connectivity index (χ4n) is 1.91. The van der Waals surface area contributed by atoms with Crippen LogP contribution in [0.5, 0.6) is 0 Å². The Balaban J connectivity index is 3.22. The Morgan fingerprint density at radius 2 is 1.73 bits per heavy atom. The van der Waals surface area contributed by atoms with Crippen molar-refractivity contribution in [3.05, 3.63) is 35.4 Å². The molecule has 0 saturated heterocycles. The number of esters is 1. The van der Waals surface area contributed by atoms with Gasteiger partial charge in [0.1, 0.15) is 0 Å². The van der Waals surface area contributed by atoms with Crippen LogP contribution in [0, 0.1) is 0 Å². The number of halogens is 5. The first-order valence-corrected chi connectivity index (χ1v) is 6.15. The molecular formula is C14H15F5O3. The molecule has 124 valence electrons. The molecule has 8 heteroatoms. The fourth-order valence-corrected chi connectivity index (χ4v) is 1.91. The van der Waals surface area contributed by atoms with Gasteiger partial charge in [-0.05, 0) is 24.6 Å². The molecule has 0 saturated carbocycles. The highest BCUT2D eigenvalue weighted by atomic mass is 19.4. The van der Waals surface area contributed by atoms with E-state index in [2.05, 4.69) is 4.74 Å². The number of carbonyl (C=O) groups excluding carboxylic acids is 1. The average Bonchev–Trinajstić information content (AvgIpc) is 2.44. The van der Waals surface area contributed by atoms with Crippen LogP contribution in [0.15, 0.2) is 24.3 Å². The van der Waals surface area contributed by atoms with E-state index in [0.717, 1.165) is 21.1 Å². The molecule has 1 atom stereocenters. The molecular weight excluding hydrogens is 311 g/mol. The van der Waals surface area contributed by atoms with E-state index in [-0.39, 0.29) is 11.1 Å². The predicted molar refractivity (Wildman–Crippen MR) is 67.8 cm³/mol. The maximum atomic E-state index is 13.3. The lowest BCUT2D eigenvalue weighted by atomic mass is 9.88. The van der Waals surface area contributed by atoms with Gasteiger partial charge in [0, 0.05) is 7.11 Å². The van der Waals surface area contributed by atoms with Crippen LogP contribution >= 0.6 is 0 Å². The Bertz CT molecular complexity index is 542. The zero-order valence-electron chi connectivity index (χ0n) is 12.1. The minimum atomic E-state index is -5.69. The minimum absolute atomic E-state index is 0.0156. The smallest absolute Gasteiger partial charge is 0.453 e. The molecule has 0 aliphatic heterocycles. The number of alkyl halides is 5. The third-order valence-electron chi connectivity index (χ3n) is 3.32. The second-order valence-corrected chi connectivity index (χ2v) is 4.89. The van der Waals surface area contributed by atoms with Crippen LogP contribution in [0.4, 0.5) is 22.0 Å². The number of rotatable bonds is 5. The van der Waals surface area contributed by atoms with E-state index in [4.69, 9.17) is 4.74 Å². The molecule has 0 fully saturated rings. The van der Waals surface area contributed by atoms with Crippen molar-refractivity contribution in [3.63, 3.8) is 0 Å². The largest absolute Gasteiger partial charge is 0.465 e. The maximum Gasteiger partial charge on any atom is 0.453 e. The second kappa shape index (κ2) is 6.20. The monoisotopic (exact) mass is 326 g/mol. The molecule has 1 unspecified atom stereocenters. The Morgan fingerprint density at radius 1 is 1.14 bits per heavy atom. The average molecular weight is 326 g/mol. The van der Waals surface area contributed by atoms with Gasteiger partial charge in [-0.25, -0.2) is 4.79 Å². The van der Waals surface area contributed by atoms with Crippen molar-refractivity contribution in [1.82, 2.24) is 0 Å². The Labute approximate surface area is 124 Å². The Kier molecular flexibility index (Phi) is 5.17. The third kappa shape index (κ3) is 3.73. The molecule has 1 aromatic rings. The molecule has 0 aliphatic rings. The van der Waals surface area contributed by atoms with Crippen LogP contribution in [0.2, 0.25) is 0 Å². The van der Waals surface area contributed by atoms with Gasteiger partial charge in [0.15, 0.2) is 0 Å². The molecule has 0 N–H and O–H groups in total. The quantitative estimate of drug-likeness (QED) is 0.608. The molecule has 22 heavy (non-hydrogen) atoms. The Hall–Kier alpha value is -1.70. The van der Waals surface area contributed by atoms with E-state index in [1.807, 2.05) is 0 Å². The van der Waals surface area contributed by atoms with Gasteiger partial charge in [-0.15, -0.1) is 0 Å². The highest BCUT2D eigenvalue weighted by Gasteiger charge is 2.60. The zero-order chi connectivity index (χ0) is 17.2. The van der Waals surface area contributed by atoms with Gasteiger partial charge < -0.3 is 9.47 Å². The van der Waals surface area contributed by atoms with E-state index in [1.54, 1.807) is 0 Å². The highest BCUT2D eigenvalue weighted by molar-refractivity contribution is 5.89. The third-order valence-corrected chi connectivity index (χ3v) is 3.32. The van der Waals surface area contributed by atoms with E-state index in [0.29, 0.717) is 0 Å². The molecule has 3 nitrogen and oxygen atoms in total.